The number of anilines is 2. The first kappa shape index (κ1) is 24.0. The van der Waals surface area contributed by atoms with E-state index in [0.29, 0.717) is 29.1 Å². The van der Waals surface area contributed by atoms with Gasteiger partial charge >= 0.3 is 0 Å². The van der Waals surface area contributed by atoms with Gasteiger partial charge in [-0.2, -0.15) is 9.97 Å². The summed E-state index contributed by atoms with van der Waals surface area (Å²) < 4.78 is 43.9. The zero-order valence-electron chi connectivity index (χ0n) is 20.2. The first-order chi connectivity index (χ1) is 17.3. The standard InChI is InChI=1S/C25H27N5O5S/c1-30-12-10-17-23(30)28-25(29-24(17)35-19-6-4-5-7-22(19)36(3,31)32)27-18-9-8-16(14-20(18)33-2)21-15-26-11-13-34-21/h4-10,12,14,21,26H,11,13,15H2,1-3H3,(H,27,28,29). The van der Waals surface area contributed by atoms with E-state index in [-0.39, 0.29) is 28.6 Å². The number of hydrogen-bond donors (Lipinski definition) is 2. The number of ether oxygens (including phenoxy) is 3. The second-order valence-electron chi connectivity index (χ2n) is 8.49. The zero-order chi connectivity index (χ0) is 25.3. The van der Waals surface area contributed by atoms with Crippen LogP contribution in [0.1, 0.15) is 11.7 Å². The number of benzene rings is 2. The van der Waals surface area contributed by atoms with Crippen LogP contribution in [0.2, 0.25) is 0 Å². The lowest BCUT2D eigenvalue weighted by molar-refractivity contribution is 0.0276. The van der Waals surface area contributed by atoms with E-state index in [1.807, 2.05) is 42.1 Å². The minimum Gasteiger partial charge on any atom is -0.495 e. The molecule has 188 valence electrons. The van der Waals surface area contributed by atoms with Crippen LogP contribution in [0.3, 0.4) is 0 Å². The van der Waals surface area contributed by atoms with E-state index in [9.17, 15) is 8.42 Å². The van der Waals surface area contributed by atoms with Crippen LogP contribution in [-0.4, -0.2) is 56.0 Å². The Labute approximate surface area is 209 Å². The number of methoxy groups -OCH3 is 1. The molecule has 36 heavy (non-hydrogen) atoms. The molecule has 0 bridgehead atoms. The highest BCUT2D eigenvalue weighted by atomic mass is 32.2. The maximum absolute atomic E-state index is 12.3. The zero-order valence-corrected chi connectivity index (χ0v) is 21.0. The maximum atomic E-state index is 12.3. The molecule has 2 aromatic heterocycles. The minimum absolute atomic E-state index is 0.0485. The molecule has 10 nitrogen and oxygen atoms in total. The second kappa shape index (κ2) is 9.76. The van der Waals surface area contributed by atoms with Crippen LogP contribution in [0.4, 0.5) is 11.6 Å². The lowest BCUT2D eigenvalue weighted by Gasteiger charge is -2.24. The van der Waals surface area contributed by atoms with Crippen molar-refractivity contribution in [2.45, 2.75) is 11.0 Å². The summed E-state index contributed by atoms with van der Waals surface area (Å²) in [6.45, 7) is 2.23. The van der Waals surface area contributed by atoms with Gasteiger partial charge in [-0.15, -0.1) is 0 Å². The first-order valence-electron chi connectivity index (χ1n) is 11.4. The first-order valence-corrected chi connectivity index (χ1v) is 13.3. The lowest BCUT2D eigenvalue weighted by atomic mass is 10.1. The molecule has 0 saturated carbocycles. The van der Waals surface area contributed by atoms with Gasteiger partial charge in [-0.3, -0.25) is 0 Å². The van der Waals surface area contributed by atoms with Crippen molar-refractivity contribution in [2.75, 3.05) is 38.4 Å². The monoisotopic (exact) mass is 509 g/mol. The Bertz CT molecular complexity index is 1510. The predicted octanol–water partition coefficient (Wildman–Crippen LogP) is 3.58. The summed E-state index contributed by atoms with van der Waals surface area (Å²) in [6.07, 6.45) is 2.93. The van der Waals surface area contributed by atoms with Crippen molar-refractivity contribution in [1.82, 2.24) is 19.9 Å². The number of para-hydroxylation sites is 1. The van der Waals surface area contributed by atoms with Crippen molar-refractivity contribution in [3.8, 4) is 17.4 Å². The highest BCUT2D eigenvalue weighted by Gasteiger charge is 2.20. The van der Waals surface area contributed by atoms with E-state index in [4.69, 9.17) is 14.2 Å². The van der Waals surface area contributed by atoms with E-state index < -0.39 is 9.84 Å². The number of rotatable bonds is 7. The van der Waals surface area contributed by atoms with Crippen LogP contribution in [-0.2, 0) is 21.6 Å². The molecular weight excluding hydrogens is 482 g/mol. The third-order valence-corrected chi connectivity index (χ3v) is 7.05. The molecule has 1 fully saturated rings. The van der Waals surface area contributed by atoms with Crippen LogP contribution < -0.4 is 20.1 Å². The number of sulfone groups is 1. The highest BCUT2D eigenvalue weighted by molar-refractivity contribution is 7.90. The van der Waals surface area contributed by atoms with Gasteiger partial charge in [-0.05, 0) is 35.9 Å². The fourth-order valence-corrected chi connectivity index (χ4v) is 4.90. The van der Waals surface area contributed by atoms with Gasteiger partial charge < -0.3 is 29.4 Å². The van der Waals surface area contributed by atoms with Gasteiger partial charge in [-0.1, -0.05) is 18.2 Å². The molecule has 11 heteroatoms. The molecule has 1 atom stereocenters. The molecule has 1 unspecified atom stereocenters. The molecular formula is C25H27N5O5S. The van der Waals surface area contributed by atoms with Gasteiger partial charge in [0.05, 0.1) is 30.9 Å². The number of nitrogens with zero attached hydrogens (tertiary/aromatic N) is 3. The summed E-state index contributed by atoms with van der Waals surface area (Å²) >= 11 is 0. The molecule has 1 saturated heterocycles. The largest absolute Gasteiger partial charge is 0.495 e. The summed E-state index contributed by atoms with van der Waals surface area (Å²) in [5.74, 6) is 1.31. The van der Waals surface area contributed by atoms with Crippen LogP contribution in [0, 0.1) is 0 Å². The molecule has 2 aromatic carbocycles. The Kier molecular flexibility index (Phi) is 6.52. The average Bonchev–Trinajstić information content (AvgIpc) is 3.25. The molecule has 1 aliphatic rings. The number of nitrogens with one attached hydrogen (secondary N) is 2. The SMILES string of the molecule is COc1cc(C2CNCCO2)ccc1Nc1nc(Oc2ccccc2S(C)(=O)=O)c2ccn(C)c2n1. The molecule has 0 spiro atoms. The van der Waals surface area contributed by atoms with Gasteiger partial charge in [-0.25, -0.2) is 8.42 Å². The minimum atomic E-state index is -3.50. The second-order valence-corrected chi connectivity index (χ2v) is 10.5. The van der Waals surface area contributed by atoms with Gasteiger partial charge in [0, 0.05) is 32.6 Å². The van der Waals surface area contributed by atoms with Crippen molar-refractivity contribution < 1.29 is 22.6 Å². The fourth-order valence-electron chi connectivity index (χ4n) is 4.10. The van der Waals surface area contributed by atoms with Gasteiger partial charge in [0.1, 0.15) is 22.0 Å². The Morgan fingerprint density at radius 1 is 1.14 bits per heavy atom. The molecule has 0 radical (unpaired) electrons. The van der Waals surface area contributed by atoms with E-state index >= 15 is 0 Å². The van der Waals surface area contributed by atoms with E-state index in [1.165, 1.54) is 6.07 Å². The molecule has 0 amide bonds. The van der Waals surface area contributed by atoms with Crippen molar-refractivity contribution in [2.24, 2.45) is 7.05 Å². The average molecular weight is 510 g/mol. The van der Waals surface area contributed by atoms with Crippen LogP contribution >= 0.6 is 0 Å². The number of hydrogen-bond acceptors (Lipinski definition) is 9. The molecule has 0 aliphatic carbocycles. The van der Waals surface area contributed by atoms with Crippen LogP contribution in [0.25, 0.3) is 11.0 Å². The molecule has 4 aromatic rings. The van der Waals surface area contributed by atoms with Crippen LogP contribution in [0.15, 0.2) is 59.6 Å². The molecule has 5 rings (SSSR count). The summed E-state index contributed by atoms with van der Waals surface area (Å²) in [4.78, 5) is 9.30. The quantitative estimate of drug-likeness (QED) is 0.386. The predicted molar refractivity (Wildman–Crippen MR) is 136 cm³/mol. The Morgan fingerprint density at radius 2 is 1.97 bits per heavy atom. The summed E-state index contributed by atoms with van der Waals surface area (Å²) in [5, 5.41) is 7.20. The lowest BCUT2D eigenvalue weighted by Crippen LogP contribution is -2.33. The Balaban J connectivity index is 1.51. The topological polar surface area (TPSA) is 117 Å². The molecule has 2 N–H and O–H groups in total. The molecule has 3 heterocycles. The van der Waals surface area contributed by atoms with Gasteiger partial charge in [0.15, 0.2) is 9.84 Å². The normalized spacial score (nSPS) is 16.1. The maximum Gasteiger partial charge on any atom is 0.233 e. The number of fused-ring (bicyclic) bond motifs is 1. The van der Waals surface area contributed by atoms with Crippen molar-refractivity contribution in [3.05, 3.63) is 60.3 Å². The van der Waals surface area contributed by atoms with Crippen molar-refractivity contribution >= 4 is 32.5 Å². The number of aryl methyl sites for hydroxylation is 1. The third kappa shape index (κ3) is 4.85. The van der Waals surface area contributed by atoms with Crippen LogP contribution in [0.5, 0.6) is 17.4 Å². The van der Waals surface area contributed by atoms with Gasteiger partial charge in [0.2, 0.25) is 11.8 Å². The van der Waals surface area contributed by atoms with E-state index in [2.05, 4.69) is 20.6 Å². The molecule has 1 aliphatic heterocycles. The fraction of sp³-hybridized carbons (Fsp3) is 0.280. The highest BCUT2D eigenvalue weighted by Crippen LogP contribution is 2.35. The summed E-state index contributed by atoms with van der Waals surface area (Å²) in [6, 6.07) is 14.1. The number of aromatic nitrogens is 3. The van der Waals surface area contributed by atoms with Crippen molar-refractivity contribution in [1.29, 1.82) is 0 Å². The Hall–Kier alpha value is -3.67. The number of morpholine rings is 1. The third-order valence-electron chi connectivity index (χ3n) is 5.92. The summed E-state index contributed by atoms with van der Waals surface area (Å²) in [5.41, 5.74) is 2.29. The summed E-state index contributed by atoms with van der Waals surface area (Å²) in [7, 11) is -0.0419. The van der Waals surface area contributed by atoms with E-state index in [1.54, 1.807) is 25.3 Å². The van der Waals surface area contributed by atoms with E-state index in [0.717, 1.165) is 24.9 Å². The smallest absolute Gasteiger partial charge is 0.233 e. The van der Waals surface area contributed by atoms with Crippen molar-refractivity contribution in [3.63, 3.8) is 0 Å². The Morgan fingerprint density at radius 3 is 2.72 bits per heavy atom. The van der Waals surface area contributed by atoms with Gasteiger partial charge in [0.25, 0.3) is 0 Å².